The van der Waals surface area contributed by atoms with E-state index in [0.717, 1.165) is 12.0 Å². The summed E-state index contributed by atoms with van der Waals surface area (Å²) in [5.41, 5.74) is -1.93. The van der Waals surface area contributed by atoms with Gasteiger partial charge in [-0.05, 0) is 59.3 Å². The molecule has 0 amide bonds. The van der Waals surface area contributed by atoms with Crippen LogP contribution in [-0.2, 0) is 9.53 Å². The number of carbonyl (C=O) groups is 1. The second-order valence-corrected chi connectivity index (χ2v) is 8.50. The first-order chi connectivity index (χ1) is 11.4. The second kappa shape index (κ2) is 8.61. The normalized spacial score (nSPS) is 37.0. The van der Waals surface area contributed by atoms with Crippen molar-refractivity contribution in [2.24, 2.45) is 5.92 Å². The van der Waals surface area contributed by atoms with Crippen LogP contribution in [0.1, 0.15) is 73.1 Å². The molecule has 1 aliphatic carbocycles. The van der Waals surface area contributed by atoms with E-state index >= 15 is 0 Å². The molecule has 0 bridgehead atoms. The minimum Gasteiger partial charge on any atom is -0.387 e. The zero-order valence-electron chi connectivity index (χ0n) is 16.8. The van der Waals surface area contributed by atoms with Crippen LogP contribution in [-0.4, -0.2) is 39.9 Å². The third-order valence-corrected chi connectivity index (χ3v) is 5.32. The van der Waals surface area contributed by atoms with E-state index in [9.17, 15) is 15.0 Å². The summed E-state index contributed by atoms with van der Waals surface area (Å²) in [5, 5.41) is 21.4. The average Bonchev–Trinajstić information content (AvgIpc) is 2.45. The third-order valence-electron chi connectivity index (χ3n) is 5.32. The maximum absolute atomic E-state index is 12.2. The molecular weight excluding hydrogens is 316 g/mol. The van der Waals surface area contributed by atoms with Crippen LogP contribution in [0.3, 0.4) is 0 Å². The average molecular weight is 353 g/mol. The van der Waals surface area contributed by atoms with Crippen LogP contribution in [0.15, 0.2) is 23.8 Å². The minimum absolute atomic E-state index is 0.217. The number of hydrogen-bond acceptors (Lipinski definition) is 4. The molecule has 1 aliphatic rings. The Morgan fingerprint density at radius 2 is 1.92 bits per heavy atom. The van der Waals surface area contributed by atoms with Crippen molar-refractivity contribution in [1.82, 2.24) is 0 Å². The molecule has 25 heavy (non-hydrogen) atoms. The summed E-state index contributed by atoms with van der Waals surface area (Å²) in [6, 6.07) is 0. The van der Waals surface area contributed by atoms with E-state index in [1.165, 1.54) is 0 Å². The Labute approximate surface area is 153 Å². The molecule has 0 aromatic heterocycles. The summed E-state index contributed by atoms with van der Waals surface area (Å²) in [6.45, 7) is 9.25. The van der Waals surface area contributed by atoms with E-state index in [-0.39, 0.29) is 11.7 Å². The van der Waals surface area contributed by atoms with Crippen molar-refractivity contribution < 1.29 is 19.7 Å². The topological polar surface area (TPSA) is 66.8 Å². The Morgan fingerprint density at radius 3 is 2.48 bits per heavy atom. The summed E-state index contributed by atoms with van der Waals surface area (Å²) in [7, 11) is 1.59. The first-order valence-electron chi connectivity index (χ1n) is 9.28. The van der Waals surface area contributed by atoms with E-state index in [0.29, 0.717) is 32.1 Å². The Morgan fingerprint density at radius 1 is 1.28 bits per heavy atom. The van der Waals surface area contributed by atoms with E-state index in [2.05, 4.69) is 6.92 Å². The molecule has 0 aromatic carbocycles. The molecule has 0 spiro atoms. The van der Waals surface area contributed by atoms with Gasteiger partial charge in [0.25, 0.3) is 0 Å². The van der Waals surface area contributed by atoms with Crippen molar-refractivity contribution in [2.75, 3.05) is 7.11 Å². The number of rotatable bonds is 2. The van der Waals surface area contributed by atoms with Gasteiger partial charge >= 0.3 is 0 Å². The number of ketones is 1. The molecule has 144 valence electrons. The molecule has 0 aromatic rings. The SMILES string of the molecule is CO[C@@]1(C(C)(C)O)/C=C/[C@](C)(O)CC/C=C(/C)CC(=O)C[C@@H](C)CC1. The minimum atomic E-state index is -1.11. The van der Waals surface area contributed by atoms with Gasteiger partial charge in [-0.2, -0.15) is 0 Å². The number of carbonyl (C=O) groups excluding carboxylic acids is 1. The number of methoxy groups -OCH3 is 1. The van der Waals surface area contributed by atoms with Gasteiger partial charge in [0.05, 0.1) is 11.2 Å². The summed E-state index contributed by atoms with van der Waals surface area (Å²) in [5.74, 6) is 0.459. The van der Waals surface area contributed by atoms with Gasteiger partial charge in [-0.25, -0.2) is 0 Å². The molecule has 4 heteroatoms. The van der Waals surface area contributed by atoms with E-state index in [1.807, 2.05) is 19.1 Å². The highest BCUT2D eigenvalue weighted by Crippen LogP contribution is 2.35. The Balaban J connectivity index is 3.18. The standard InChI is InChI=1S/C21H36O4/c1-16-8-7-10-20(5,24)12-13-21(25-6,19(3,4)23)11-9-17(2)15-18(22)14-16/h8,12-13,17,23-24H,7,9-11,14-15H2,1-6H3/b13-12+,16-8-/t17-,20+,21+/m0/s1. The van der Waals surface area contributed by atoms with Crippen molar-refractivity contribution in [3.8, 4) is 0 Å². The quantitative estimate of drug-likeness (QED) is 0.738. The zero-order valence-corrected chi connectivity index (χ0v) is 16.8. The molecule has 2 N–H and O–H groups in total. The first kappa shape index (κ1) is 22.1. The number of aliphatic hydroxyl groups is 2. The van der Waals surface area contributed by atoms with Crippen molar-refractivity contribution in [3.63, 3.8) is 0 Å². The van der Waals surface area contributed by atoms with Crippen LogP contribution >= 0.6 is 0 Å². The monoisotopic (exact) mass is 352 g/mol. The Hall–Kier alpha value is -0.970. The molecule has 0 aliphatic heterocycles. The van der Waals surface area contributed by atoms with Crippen molar-refractivity contribution in [3.05, 3.63) is 23.8 Å². The van der Waals surface area contributed by atoms with E-state index in [1.54, 1.807) is 34.0 Å². The smallest absolute Gasteiger partial charge is 0.137 e. The van der Waals surface area contributed by atoms with Gasteiger partial charge in [0.2, 0.25) is 0 Å². The molecule has 0 heterocycles. The van der Waals surface area contributed by atoms with Gasteiger partial charge in [-0.3, -0.25) is 4.79 Å². The second-order valence-electron chi connectivity index (χ2n) is 8.50. The lowest BCUT2D eigenvalue weighted by Crippen LogP contribution is -2.50. The molecule has 4 nitrogen and oxygen atoms in total. The predicted molar refractivity (Wildman–Crippen MR) is 101 cm³/mol. The van der Waals surface area contributed by atoms with E-state index < -0.39 is 16.8 Å². The molecule has 0 radical (unpaired) electrons. The summed E-state index contributed by atoms with van der Waals surface area (Å²) < 4.78 is 5.74. The van der Waals surface area contributed by atoms with Crippen molar-refractivity contribution in [2.45, 2.75) is 89.9 Å². The number of hydrogen-bond donors (Lipinski definition) is 2. The number of ether oxygens (including phenoxy) is 1. The highest BCUT2D eigenvalue weighted by molar-refractivity contribution is 5.80. The van der Waals surface area contributed by atoms with Gasteiger partial charge in [0, 0.05) is 20.0 Å². The summed E-state index contributed by atoms with van der Waals surface area (Å²) in [6.07, 6.45) is 9.22. The lowest BCUT2D eigenvalue weighted by Gasteiger charge is -2.41. The maximum atomic E-state index is 12.2. The fourth-order valence-electron chi connectivity index (χ4n) is 3.43. The molecular formula is C21H36O4. The van der Waals surface area contributed by atoms with Crippen molar-refractivity contribution >= 4 is 5.78 Å². The van der Waals surface area contributed by atoms with E-state index in [4.69, 9.17) is 4.74 Å². The molecule has 0 unspecified atom stereocenters. The largest absolute Gasteiger partial charge is 0.387 e. The van der Waals surface area contributed by atoms with Gasteiger partial charge in [0.15, 0.2) is 0 Å². The molecule has 0 saturated carbocycles. The number of Topliss-reactive ketones (excluding diaryl/α,β-unsaturated/α-hetero) is 1. The van der Waals surface area contributed by atoms with Gasteiger partial charge < -0.3 is 14.9 Å². The van der Waals surface area contributed by atoms with Crippen LogP contribution in [0.5, 0.6) is 0 Å². The molecule has 0 saturated heterocycles. The first-order valence-corrected chi connectivity index (χ1v) is 9.28. The van der Waals surface area contributed by atoms with Crippen molar-refractivity contribution in [1.29, 1.82) is 0 Å². The fourth-order valence-corrected chi connectivity index (χ4v) is 3.43. The predicted octanol–water partition coefficient (Wildman–Crippen LogP) is 3.96. The van der Waals surface area contributed by atoms with Crippen LogP contribution < -0.4 is 0 Å². The van der Waals surface area contributed by atoms with Gasteiger partial charge in [-0.15, -0.1) is 0 Å². The van der Waals surface area contributed by atoms with Gasteiger partial charge in [-0.1, -0.05) is 30.7 Å². The van der Waals surface area contributed by atoms with Gasteiger partial charge in [0.1, 0.15) is 11.4 Å². The number of allylic oxidation sites excluding steroid dienone is 2. The Kier molecular flexibility index (Phi) is 7.60. The highest BCUT2D eigenvalue weighted by atomic mass is 16.5. The van der Waals surface area contributed by atoms with Crippen LogP contribution in [0.25, 0.3) is 0 Å². The third kappa shape index (κ3) is 6.69. The summed E-state index contributed by atoms with van der Waals surface area (Å²) in [4.78, 5) is 12.2. The molecule has 3 atom stereocenters. The van der Waals surface area contributed by atoms with Crippen LogP contribution in [0, 0.1) is 5.92 Å². The highest BCUT2D eigenvalue weighted by Gasteiger charge is 2.42. The van der Waals surface area contributed by atoms with Crippen LogP contribution in [0.4, 0.5) is 0 Å². The zero-order chi connectivity index (χ0) is 19.3. The summed E-state index contributed by atoms with van der Waals surface area (Å²) >= 11 is 0. The maximum Gasteiger partial charge on any atom is 0.137 e. The lowest BCUT2D eigenvalue weighted by molar-refractivity contribution is -0.129. The van der Waals surface area contributed by atoms with Crippen LogP contribution in [0.2, 0.25) is 0 Å². The fraction of sp³-hybridized carbons (Fsp3) is 0.762. The Bertz CT molecular complexity index is 510. The molecule has 0 fully saturated rings. The molecule has 1 rings (SSSR count). The lowest BCUT2D eigenvalue weighted by atomic mass is 9.78.